The monoisotopic (exact) mass is 280 g/mol. The fourth-order valence-corrected chi connectivity index (χ4v) is 1.61. The van der Waals surface area contributed by atoms with Gasteiger partial charge in [0.05, 0.1) is 6.04 Å². The maximum atomic E-state index is 11.7. The number of carboxylic acid groups (broad SMARTS) is 1. The molecule has 0 aliphatic rings. The Morgan fingerprint density at radius 2 is 2.05 bits per heavy atom. The number of amides is 1. The Bertz CT molecular complexity index is 493. The second kappa shape index (κ2) is 6.27. The number of phenols is 1. The van der Waals surface area contributed by atoms with Crippen LogP contribution in [0.2, 0.25) is 0 Å². The average molecular weight is 280 g/mol. The quantitative estimate of drug-likeness (QED) is 0.860. The van der Waals surface area contributed by atoms with Crippen LogP contribution in [-0.4, -0.2) is 22.8 Å². The minimum Gasteiger partial charge on any atom is -0.550 e. The molecule has 110 valence electrons. The first kappa shape index (κ1) is 15.8. The van der Waals surface area contributed by atoms with E-state index in [9.17, 15) is 19.8 Å². The standard InChI is InChI=1S/C14H19NO5/c1-14(2,3)20-13(19)15-11(8-12(17)18)9-5-4-6-10(16)7-9/h4-7,11,16H,8H2,1-3H3,(H,15,19)(H,17,18)/p-1/t11-/m1/s1. The van der Waals surface area contributed by atoms with Crippen LogP contribution in [0.1, 0.15) is 38.8 Å². The summed E-state index contributed by atoms with van der Waals surface area (Å²) in [5.41, 5.74) is -0.227. The van der Waals surface area contributed by atoms with Gasteiger partial charge in [-0.25, -0.2) is 4.79 Å². The minimum absolute atomic E-state index is 0.0168. The summed E-state index contributed by atoms with van der Waals surface area (Å²) in [5, 5.41) is 22.6. The Balaban J connectivity index is 2.85. The van der Waals surface area contributed by atoms with E-state index in [1.807, 2.05) is 0 Å². The van der Waals surface area contributed by atoms with E-state index < -0.39 is 30.1 Å². The molecule has 0 aliphatic carbocycles. The van der Waals surface area contributed by atoms with Crippen molar-refractivity contribution >= 4 is 12.1 Å². The van der Waals surface area contributed by atoms with Gasteiger partial charge in [-0.15, -0.1) is 0 Å². The number of ether oxygens (including phenoxy) is 1. The van der Waals surface area contributed by atoms with E-state index in [2.05, 4.69) is 5.32 Å². The normalized spacial score (nSPS) is 12.6. The molecule has 0 radical (unpaired) electrons. The van der Waals surface area contributed by atoms with E-state index >= 15 is 0 Å². The highest BCUT2D eigenvalue weighted by atomic mass is 16.6. The number of hydrogen-bond donors (Lipinski definition) is 2. The number of phenolic OH excluding ortho intramolecular Hbond substituents is 1. The van der Waals surface area contributed by atoms with Crippen molar-refractivity contribution in [1.82, 2.24) is 5.32 Å². The Morgan fingerprint density at radius 1 is 1.40 bits per heavy atom. The number of alkyl carbamates (subject to hydrolysis) is 1. The van der Waals surface area contributed by atoms with Crippen molar-refractivity contribution in [3.05, 3.63) is 29.8 Å². The average Bonchev–Trinajstić information content (AvgIpc) is 2.24. The third-order valence-corrected chi connectivity index (χ3v) is 2.33. The lowest BCUT2D eigenvalue weighted by molar-refractivity contribution is -0.306. The smallest absolute Gasteiger partial charge is 0.408 e. The molecule has 1 amide bonds. The van der Waals surface area contributed by atoms with Crippen LogP contribution in [0.25, 0.3) is 0 Å². The zero-order valence-corrected chi connectivity index (χ0v) is 11.7. The third-order valence-electron chi connectivity index (χ3n) is 2.33. The summed E-state index contributed by atoms with van der Waals surface area (Å²) in [4.78, 5) is 22.5. The maximum Gasteiger partial charge on any atom is 0.408 e. The van der Waals surface area contributed by atoms with Gasteiger partial charge in [0, 0.05) is 12.4 Å². The number of nitrogens with one attached hydrogen (secondary N) is 1. The second-order valence-corrected chi connectivity index (χ2v) is 5.37. The van der Waals surface area contributed by atoms with Crippen molar-refractivity contribution in [2.24, 2.45) is 0 Å². The van der Waals surface area contributed by atoms with Crippen molar-refractivity contribution in [1.29, 1.82) is 0 Å². The summed E-state index contributed by atoms with van der Waals surface area (Å²) in [7, 11) is 0. The molecule has 0 unspecified atom stereocenters. The van der Waals surface area contributed by atoms with E-state index in [1.54, 1.807) is 32.9 Å². The summed E-state index contributed by atoms with van der Waals surface area (Å²) < 4.78 is 5.08. The van der Waals surface area contributed by atoms with Gasteiger partial charge in [0.25, 0.3) is 0 Å². The van der Waals surface area contributed by atoms with E-state index in [4.69, 9.17) is 4.74 Å². The Kier molecular flexibility index (Phi) is 4.96. The molecule has 2 N–H and O–H groups in total. The van der Waals surface area contributed by atoms with Crippen LogP contribution in [0, 0.1) is 0 Å². The highest BCUT2D eigenvalue weighted by Gasteiger charge is 2.20. The van der Waals surface area contributed by atoms with E-state index in [0.29, 0.717) is 5.56 Å². The van der Waals surface area contributed by atoms with Gasteiger partial charge in [0.1, 0.15) is 11.4 Å². The summed E-state index contributed by atoms with van der Waals surface area (Å²) >= 11 is 0. The molecule has 0 saturated carbocycles. The number of aromatic hydroxyl groups is 1. The first-order chi connectivity index (χ1) is 9.17. The van der Waals surface area contributed by atoms with Crippen molar-refractivity contribution < 1.29 is 24.5 Å². The molecule has 1 atom stereocenters. The lowest BCUT2D eigenvalue weighted by Crippen LogP contribution is -2.37. The molecular weight excluding hydrogens is 262 g/mol. The lowest BCUT2D eigenvalue weighted by Gasteiger charge is -2.24. The summed E-state index contributed by atoms with van der Waals surface area (Å²) in [5.74, 6) is -1.33. The number of hydrogen-bond acceptors (Lipinski definition) is 5. The summed E-state index contributed by atoms with van der Waals surface area (Å²) in [6.45, 7) is 5.11. The number of carbonyl (C=O) groups excluding carboxylic acids is 2. The van der Waals surface area contributed by atoms with Gasteiger partial charge in [0.15, 0.2) is 0 Å². The van der Waals surface area contributed by atoms with Crippen molar-refractivity contribution in [2.45, 2.75) is 38.8 Å². The van der Waals surface area contributed by atoms with Crippen LogP contribution in [0.4, 0.5) is 4.79 Å². The largest absolute Gasteiger partial charge is 0.550 e. The summed E-state index contributed by atoms with van der Waals surface area (Å²) in [6, 6.07) is 5.16. The van der Waals surface area contributed by atoms with Crippen molar-refractivity contribution in [3.8, 4) is 5.75 Å². The predicted octanol–water partition coefficient (Wildman–Crippen LogP) is 1.10. The molecule has 20 heavy (non-hydrogen) atoms. The van der Waals surface area contributed by atoms with Crippen LogP contribution >= 0.6 is 0 Å². The molecule has 0 aromatic heterocycles. The Labute approximate surface area is 117 Å². The molecule has 6 nitrogen and oxygen atoms in total. The van der Waals surface area contributed by atoms with Crippen LogP contribution in [0.15, 0.2) is 24.3 Å². The van der Waals surface area contributed by atoms with Crippen molar-refractivity contribution in [3.63, 3.8) is 0 Å². The molecule has 6 heteroatoms. The van der Waals surface area contributed by atoms with E-state index in [0.717, 1.165) is 0 Å². The SMILES string of the molecule is CC(C)(C)OC(=O)N[C@H](CC(=O)[O-])c1cccc(O)c1. The zero-order chi connectivity index (χ0) is 15.3. The highest BCUT2D eigenvalue weighted by molar-refractivity contribution is 5.71. The molecule has 0 bridgehead atoms. The molecule has 1 aromatic carbocycles. The number of aliphatic carboxylic acids is 1. The molecular formula is C14H18NO5-. The van der Waals surface area contributed by atoms with Gasteiger partial charge in [0.2, 0.25) is 0 Å². The molecule has 1 rings (SSSR count). The Morgan fingerprint density at radius 3 is 2.55 bits per heavy atom. The predicted molar refractivity (Wildman–Crippen MR) is 69.8 cm³/mol. The molecule has 0 aliphatic heterocycles. The fraction of sp³-hybridized carbons (Fsp3) is 0.429. The second-order valence-electron chi connectivity index (χ2n) is 5.37. The van der Waals surface area contributed by atoms with Gasteiger partial charge < -0.3 is 25.1 Å². The number of carboxylic acids is 1. The topological polar surface area (TPSA) is 98.7 Å². The number of rotatable bonds is 4. The minimum atomic E-state index is -1.31. The molecule has 0 heterocycles. The molecule has 0 spiro atoms. The van der Waals surface area contributed by atoms with E-state index in [-0.39, 0.29) is 5.75 Å². The molecule has 0 saturated heterocycles. The van der Waals surface area contributed by atoms with Crippen molar-refractivity contribution in [2.75, 3.05) is 0 Å². The van der Waals surface area contributed by atoms with Crippen LogP contribution in [-0.2, 0) is 9.53 Å². The van der Waals surface area contributed by atoms with Crippen LogP contribution in [0.3, 0.4) is 0 Å². The van der Waals surface area contributed by atoms with Gasteiger partial charge in [-0.3, -0.25) is 0 Å². The number of carbonyl (C=O) groups is 2. The first-order valence-electron chi connectivity index (χ1n) is 6.15. The molecule has 1 aromatic rings. The van der Waals surface area contributed by atoms with Gasteiger partial charge in [-0.05, 0) is 38.5 Å². The van der Waals surface area contributed by atoms with Gasteiger partial charge >= 0.3 is 6.09 Å². The molecule has 0 fully saturated rings. The lowest BCUT2D eigenvalue weighted by atomic mass is 10.0. The maximum absolute atomic E-state index is 11.7. The first-order valence-corrected chi connectivity index (χ1v) is 6.15. The fourth-order valence-electron chi connectivity index (χ4n) is 1.61. The van der Waals surface area contributed by atoms with Gasteiger partial charge in [-0.2, -0.15) is 0 Å². The number of benzene rings is 1. The zero-order valence-electron chi connectivity index (χ0n) is 11.7. The van der Waals surface area contributed by atoms with E-state index in [1.165, 1.54) is 12.1 Å². The summed E-state index contributed by atoms with van der Waals surface area (Å²) in [6.07, 6.45) is -1.14. The third kappa shape index (κ3) is 5.60. The Hall–Kier alpha value is -2.24. The van der Waals surface area contributed by atoms with Gasteiger partial charge in [-0.1, -0.05) is 12.1 Å². The van der Waals surface area contributed by atoms with Crippen LogP contribution < -0.4 is 10.4 Å². The van der Waals surface area contributed by atoms with Crippen LogP contribution in [0.5, 0.6) is 5.75 Å². The highest BCUT2D eigenvalue weighted by Crippen LogP contribution is 2.21.